The number of fused-ring (bicyclic) bond motifs is 3. The van der Waals surface area contributed by atoms with Crippen LogP contribution in [0, 0.1) is 0 Å². The van der Waals surface area contributed by atoms with Gasteiger partial charge in [-0.25, -0.2) is 14.8 Å². The second-order valence-corrected chi connectivity index (χ2v) is 20.1. The number of nitrogens with one attached hydrogen (secondary N) is 7. The molecule has 1 atom stereocenters. The van der Waals surface area contributed by atoms with Crippen LogP contribution in [0.1, 0.15) is 92.5 Å². The van der Waals surface area contributed by atoms with E-state index in [1.807, 2.05) is 43.5 Å². The van der Waals surface area contributed by atoms with Crippen LogP contribution in [0.4, 0.5) is 10.6 Å². The summed E-state index contributed by atoms with van der Waals surface area (Å²) in [7, 11) is 0. The van der Waals surface area contributed by atoms with Gasteiger partial charge in [0.25, 0.3) is 11.8 Å². The van der Waals surface area contributed by atoms with Crippen LogP contribution < -0.4 is 37.2 Å². The predicted molar refractivity (Wildman–Crippen MR) is 281 cm³/mol. The molecule has 1 aliphatic rings. The van der Waals surface area contributed by atoms with Crippen molar-refractivity contribution in [3.63, 3.8) is 0 Å². The summed E-state index contributed by atoms with van der Waals surface area (Å²) < 4.78 is 19.3. The lowest BCUT2D eigenvalue weighted by Gasteiger charge is -2.28. The van der Waals surface area contributed by atoms with E-state index in [-0.39, 0.29) is 69.2 Å². The summed E-state index contributed by atoms with van der Waals surface area (Å²) >= 11 is 0. The Morgan fingerprint density at radius 1 is 0.724 bits per heavy atom. The van der Waals surface area contributed by atoms with Gasteiger partial charge in [-0.1, -0.05) is 55.0 Å². The summed E-state index contributed by atoms with van der Waals surface area (Å²) in [6.07, 6.45) is 3.60. The summed E-state index contributed by atoms with van der Waals surface area (Å²) in [5, 5.41) is 19.1. The number of anilines is 1. The molecule has 0 unspecified atom stereocenters. The fraction of sp³-hybridized carbons (Fsp3) is 0.491. The fourth-order valence-electron chi connectivity index (χ4n) is 7.91. The van der Waals surface area contributed by atoms with Crippen LogP contribution in [-0.2, 0) is 72.1 Å². The Bertz CT molecular complexity index is 2770. The highest BCUT2D eigenvalue weighted by Gasteiger charge is 2.31. The minimum Gasteiger partial charge on any atom is -0.444 e. The van der Waals surface area contributed by atoms with Gasteiger partial charge in [-0.15, -0.1) is 0 Å². The van der Waals surface area contributed by atoms with E-state index in [4.69, 9.17) is 24.2 Å². The lowest BCUT2D eigenvalue weighted by atomic mass is 10.0. The Balaban J connectivity index is 1.19. The number of imidazole rings is 1. The lowest BCUT2D eigenvalue weighted by molar-refractivity contribution is -0.137. The Morgan fingerprint density at radius 3 is 2.09 bits per heavy atom. The quantitative estimate of drug-likeness (QED) is 0.0318. The number of hydrogen-bond acceptors (Lipinski definition) is 14. The van der Waals surface area contributed by atoms with Gasteiger partial charge in [-0.05, 0) is 79.9 Å². The molecular formula is C53H71N11O12. The van der Waals surface area contributed by atoms with Crippen LogP contribution in [0.2, 0.25) is 0 Å². The molecule has 76 heavy (non-hydrogen) atoms. The van der Waals surface area contributed by atoms with E-state index in [2.05, 4.69) is 37.2 Å². The highest BCUT2D eigenvalue weighted by Crippen LogP contribution is 2.32. The zero-order valence-electron chi connectivity index (χ0n) is 44.5. The molecule has 23 heteroatoms. The van der Waals surface area contributed by atoms with Crippen molar-refractivity contribution < 1.29 is 57.4 Å². The number of imide groups is 1. The standard InChI is InChI=1S/C53H71N11O12/c1-9-74-32-38-60-45-46(64(38)33-52(5,6)75-27-25-54-49(72)53(7,8)62-39(65)22-14-11-17-26-63-43(69)23-24-44(63)70)35-20-15-16-21-36(35)59-47(45)61-42(68)31-56-48(71)37(28-34-18-12-10-13-19-34)58-41(67)30-55-40(66)29-57-50(73)76-51(2,3)4/h10,12-13,15-16,18-21,23-24,37H,9,11,14,17,22,25-33H2,1-8H3,(H,54,72)(H,55,66)(H,56,71)(H,57,73)(H,58,67)(H,62,65)(H,59,61,68)/t37-/m0/s1. The molecule has 2 aromatic heterocycles. The van der Waals surface area contributed by atoms with E-state index < -0.39 is 78.0 Å². The second kappa shape index (κ2) is 27.1. The van der Waals surface area contributed by atoms with Gasteiger partial charge < -0.3 is 56.0 Å². The summed E-state index contributed by atoms with van der Waals surface area (Å²) in [6.45, 7) is 13.7. The Labute approximate surface area is 441 Å². The number of alkyl carbamates (subject to hydrolysis) is 1. The molecule has 410 valence electrons. The number of aromatic nitrogens is 3. The minimum absolute atomic E-state index is 0.0616. The number of carbonyl (C=O) groups is 9. The minimum atomic E-state index is -1.22. The topological polar surface area (TPSA) is 299 Å². The van der Waals surface area contributed by atoms with E-state index in [9.17, 15) is 43.2 Å². The number of unbranched alkanes of at least 4 members (excludes halogenated alkanes) is 2. The molecule has 0 saturated carbocycles. The first-order valence-electron chi connectivity index (χ1n) is 25.2. The molecule has 1 aliphatic heterocycles. The Kier molecular flexibility index (Phi) is 21.1. The molecule has 0 spiro atoms. The van der Waals surface area contributed by atoms with Crippen molar-refractivity contribution in [2.45, 2.75) is 123 Å². The number of nitrogens with zero attached hydrogens (tertiary/aromatic N) is 4. The number of para-hydroxylation sites is 1. The van der Waals surface area contributed by atoms with E-state index in [0.717, 1.165) is 15.8 Å². The van der Waals surface area contributed by atoms with Gasteiger partial charge in [0.1, 0.15) is 41.7 Å². The molecule has 5 rings (SSSR count). The third-order valence-electron chi connectivity index (χ3n) is 11.6. The zero-order valence-corrected chi connectivity index (χ0v) is 44.5. The van der Waals surface area contributed by atoms with Crippen LogP contribution in [-0.4, -0.2) is 142 Å². The molecule has 0 aliphatic carbocycles. The molecule has 0 radical (unpaired) electrons. The van der Waals surface area contributed by atoms with E-state index in [1.54, 1.807) is 71.0 Å². The Hall–Kier alpha value is -7.79. The smallest absolute Gasteiger partial charge is 0.408 e. The van der Waals surface area contributed by atoms with Crippen molar-refractivity contribution in [3.8, 4) is 0 Å². The zero-order chi connectivity index (χ0) is 55.6. The first kappa shape index (κ1) is 59.1. The Morgan fingerprint density at radius 2 is 1.39 bits per heavy atom. The fourth-order valence-corrected chi connectivity index (χ4v) is 7.91. The van der Waals surface area contributed by atoms with Crippen molar-refractivity contribution in [1.82, 2.24) is 51.3 Å². The molecule has 3 heterocycles. The molecular weight excluding hydrogens is 983 g/mol. The highest BCUT2D eigenvalue weighted by atomic mass is 16.6. The molecule has 9 amide bonds. The first-order chi connectivity index (χ1) is 35.9. The molecule has 0 fully saturated rings. The van der Waals surface area contributed by atoms with E-state index >= 15 is 0 Å². The van der Waals surface area contributed by atoms with Gasteiger partial charge in [-0.3, -0.25) is 43.3 Å². The second-order valence-electron chi connectivity index (χ2n) is 20.1. The highest BCUT2D eigenvalue weighted by molar-refractivity contribution is 6.13. The molecule has 4 aromatic rings. The number of amides is 9. The van der Waals surface area contributed by atoms with Gasteiger partial charge in [0.05, 0.1) is 42.9 Å². The summed E-state index contributed by atoms with van der Waals surface area (Å²) in [6, 6.07) is 15.1. The van der Waals surface area contributed by atoms with Crippen LogP contribution in [0.25, 0.3) is 21.9 Å². The van der Waals surface area contributed by atoms with E-state index in [1.165, 1.54) is 12.2 Å². The number of ether oxygens (including phenoxy) is 3. The van der Waals surface area contributed by atoms with Gasteiger partial charge in [0.2, 0.25) is 35.4 Å². The van der Waals surface area contributed by atoms with E-state index in [0.29, 0.717) is 48.2 Å². The maximum absolute atomic E-state index is 13.7. The van der Waals surface area contributed by atoms with Crippen molar-refractivity contribution in [1.29, 1.82) is 0 Å². The normalized spacial score (nSPS) is 13.1. The average molecular weight is 1050 g/mol. The first-order valence-corrected chi connectivity index (χ1v) is 25.2. The average Bonchev–Trinajstić information content (AvgIpc) is 3.88. The third-order valence-corrected chi connectivity index (χ3v) is 11.6. The maximum Gasteiger partial charge on any atom is 0.408 e. The number of benzene rings is 2. The van der Waals surface area contributed by atoms with Gasteiger partial charge in [-0.2, -0.15) is 0 Å². The van der Waals surface area contributed by atoms with Gasteiger partial charge in [0, 0.05) is 50.1 Å². The van der Waals surface area contributed by atoms with Crippen LogP contribution in [0.5, 0.6) is 0 Å². The van der Waals surface area contributed by atoms with Crippen LogP contribution in [0.15, 0.2) is 66.7 Å². The molecule has 0 bridgehead atoms. The number of hydrogen-bond donors (Lipinski definition) is 7. The van der Waals surface area contributed by atoms with Gasteiger partial charge in [0.15, 0.2) is 5.82 Å². The monoisotopic (exact) mass is 1050 g/mol. The number of rotatable bonds is 28. The predicted octanol–water partition coefficient (Wildman–Crippen LogP) is 2.84. The van der Waals surface area contributed by atoms with Crippen molar-refractivity contribution in [2.24, 2.45) is 0 Å². The van der Waals surface area contributed by atoms with Crippen molar-refractivity contribution in [3.05, 3.63) is 78.1 Å². The molecule has 7 N–H and O–H groups in total. The third kappa shape index (κ3) is 18.2. The SMILES string of the molecule is CCOCc1nc2c(NC(=O)CNC(=O)[C@H](Cc3ccccc3)NC(=O)CNC(=O)CNC(=O)OC(C)(C)C)nc3ccccc3c2n1CC(C)(C)OCCNC(=O)C(C)(C)NC(=O)CCCCCN1C(=O)C=CC1=O. The van der Waals surface area contributed by atoms with Crippen molar-refractivity contribution >= 4 is 81.1 Å². The largest absolute Gasteiger partial charge is 0.444 e. The molecule has 2 aromatic carbocycles. The number of pyridine rings is 1. The maximum atomic E-state index is 13.7. The molecule has 23 nitrogen and oxygen atoms in total. The summed E-state index contributed by atoms with van der Waals surface area (Å²) in [5.74, 6) is -3.41. The lowest BCUT2D eigenvalue weighted by Crippen LogP contribution is -2.55. The summed E-state index contributed by atoms with van der Waals surface area (Å²) in [5.41, 5.74) is -0.606. The molecule has 0 saturated heterocycles. The summed E-state index contributed by atoms with van der Waals surface area (Å²) in [4.78, 5) is 125. The van der Waals surface area contributed by atoms with Gasteiger partial charge >= 0.3 is 6.09 Å². The van der Waals surface area contributed by atoms with Crippen LogP contribution >= 0.6 is 0 Å². The van der Waals surface area contributed by atoms with Crippen LogP contribution in [0.3, 0.4) is 0 Å². The van der Waals surface area contributed by atoms with Crippen molar-refractivity contribution in [2.75, 3.05) is 51.3 Å². The number of carbonyl (C=O) groups excluding carboxylic acids is 9.